The molecule has 0 amide bonds. The number of aromatic nitrogens is 4. The van der Waals surface area contributed by atoms with E-state index < -0.39 is 10.0 Å². The average Bonchev–Trinajstić information content (AvgIpc) is 3.33. The van der Waals surface area contributed by atoms with E-state index in [-0.39, 0.29) is 10.7 Å². The van der Waals surface area contributed by atoms with Crippen molar-refractivity contribution in [1.29, 1.82) is 0 Å². The number of rotatable bonds is 3. The highest BCUT2D eigenvalue weighted by Crippen LogP contribution is 2.39. The number of aromatic amines is 1. The number of H-pyrrole nitrogens is 1. The summed E-state index contributed by atoms with van der Waals surface area (Å²) in [5.74, 6) is 0.166. The lowest BCUT2D eigenvalue weighted by Crippen LogP contribution is -2.15. The van der Waals surface area contributed by atoms with Crippen LogP contribution >= 0.6 is 15.9 Å². The number of benzene rings is 2. The summed E-state index contributed by atoms with van der Waals surface area (Å²) in [6.45, 7) is 5.61. The third-order valence-electron chi connectivity index (χ3n) is 4.11. The van der Waals surface area contributed by atoms with Gasteiger partial charge in [0.15, 0.2) is 0 Å². The smallest absolute Gasteiger partial charge is 0.239 e. The number of hydrogen-bond acceptors (Lipinski definition) is 6. The molecule has 3 aromatic rings. The van der Waals surface area contributed by atoms with E-state index in [4.69, 9.17) is 5.14 Å². The molecule has 0 atom stereocenters. The van der Waals surface area contributed by atoms with Gasteiger partial charge in [-0.25, -0.2) is 13.6 Å². The predicted octanol–water partition coefficient (Wildman–Crippen LogP) is 2.57. The molecule has 1 aromatic heterocycles. The quantitative estimate of drug-likeness (QED) is 0.562. The second-order valence-electron chi connectivity index (χ2n) is 5.67. The molecule has 0 saturated carbocycles. The van der Waals surface area contributed by atoms with Crippen LogP contribution in [0.2, 0.25) is 0 Å². The first kappa shape index (κ1) is 19.6. The van der Waals surface area contributed by atoms with Gasteiger partial charge in [-0.1, -0.05) is 32.0 Å². The van der Waals surface area contributed by atoms with E-state index in [9.17, 15) is 8.42 Å². The maximum atomic E-state index is 12.2. The fourth-order valence-electron chi connectivity index (χ4n) is 3.03. The summed E-state index contributed by atoms with van der Waals surface area (Å²) in [5, 5.41) is 22.6. The van der Waals surface area contributed by atoms with Crippen molar-refractivity contribution in [3.8, 4) is 22.5 Å². The van der Waals surface area contributed by atoms with E-state index in [0.717, 1.165) is 18.7 Å². The van der Waals surface area contributed by atoms with E-state index in [0.29, 0.717) is 15.6 Å². The Labute approximate surface area is 165 Å². The molecule has 0 spiro atoms. The standard InChI is InChI=1S/C15H13BrN6O2S.C2H6/c16-12-4-3-11(8-1-2-9-6-18-7-10(9)5-8)13(14(12)25(17,23)24)15-19-21-22-20-15;1-2/h1-5,18H,6-7H2,(H2,17,23,24)(H,19,20,21,22);1-2H3. The molecule has 1 aliphatic rings. The van der Waals surface area contributed by atoms with Gasteiger partial charge in [-0.3, -0.25) is 0 Å². The molecule has 0 saturated heterocycles. The summed E-state index contributed by atoms with van der Waals surface area (Å²) in [5.41, 5.74) is 4.25. The normalized spacial score (nSPS) is 13.0. The van der Waals surface area contributed by atoms with Crippen molar-refractivity contribution in [1.82, 2.24) is 25.9 Å². The number of nitrogens with two attached hydrogens (primary N) is 1. The molecule has 8 nitrogen and oxygen atoms in total. The lowest BCUT2D eigenvalue weighted by molar-refractivity contribution is 0.597. The molecule has 27 heavy (non-hydrogen) atoms. The second kappa shape index (κ2) is 7.85. The van der Waals surface area contributed by atoms with Crippen LogP contribution in [0.25, 0.3) is 22.5 Å². The molecule has 0 fully saturated rings. The van der Waals surface area contributed by atoms with Crippen LogP contribution in [0.4, 0.5) is 0 Å². The largest absolute Gasteiger partial charge is 0.309 e. The van der Waals surface area contributed by atoms with Crippen LogP contribution in [-0.4, -0.2) is 29.0 Å². The molecule has 142 valence electrons. The number of fused-ring (bicyclic) bond motifs is 1. The topological polar surface area (TPSA) is 127 Å². The van der Waals surface area contributed by atoms with Crippen molar-refractivity contribution >= 4 is 26.0 Å². The summed E-state index contributed by atoms with van der Waals surface area (Å²) >= 11 is 3.27. The highest BCUT2D eigenvalue weighted by molar-refractivity contribution is 9.10. The van der Waals surface area contributed by atoms with Crippen LogP contribution < -0.4 is 10.5 Å². The first-order valence-electron chi connectivity index (χ1n) is 8.37. The third kappa shape index (κ3) is 3.79. The Balaban J connectivity index is 0.00000102. The van der Waals surface area contributed by atoms with Crippen molar-refractivity contribution in [3.05, 3.63) is 45.9 Å². The van der Waals surface area contributed by atoms with Gasteiger partial charge in [-0.05, 0) is 55.5 Å². The Morgan fingerprint density at radius 2 is 1.85 bits per heavy atom. The first-order valence-corrected chi connectivity index (χ1v) is 10.7. The zero-order valence-electron chi connectivity index (χ0n) is 14.8. The van der Waals surface area contributed by atoms with Crippen molar-refractivity contribution in [2.45, 2.75) is 31.8 Å². The van der Waals surface area contributed by atoms with Gasteiger partial charge in [0.2, 0.25) is 15.8 Å². The van der Waals surface area contributed by atoms with Gasteiger partial charge in [0.1, 0.15) is 4.90 Å². The molecule has 4 rings (SSSR count). The fourth-order valence-corrected chi connectivity index (χ4v) is 4.86. The van der Waals surface area contributed by atoms with E-state index in [1.165, 1.54) is 11.1 Å². The Morgan fingerprint density at radius 1 is 1.11 bits per heavy atom. The number of sulfonamides is 1. The van der Waals surface area contributed by atoms with Gasteiger partial charge in [0.05, 0.1) is 5.56 Å². The molecule has 0 aliphatic carbocycles. The second-order valence-corrected chi connectivity index (χ2v) is 8.02. The predicted molar refractivity (Wildman–Crippen MR) is 106 cm³/mol. The van der Waals surface area contributed by atoms with Gasteiger partial charge < -0.3 is 5.32 Å². The van der Waals surface area contributed by atoms with Crippen molar-refractivity contribution < 1.29 is 8.42 Å². The monoisotopic (exact) mass is 450 g/mol. The number of nitrogens with zero attached hydrogens (tertiary/aromatic N) is 3. The minimum absolute atomic E-state index is 0.0648. The fraction of sp³-hybridized carbons (Fsp3) is 0.235. The zero-order valence-corrected chi connectivity index (χ0v) is 17.2. The molecular weight excluding hydrogens is 432 g/mol. The van der Waals surface area contributed by atoms with Crippen molar-refractivity contribution in [2.24, 2.45) is 5.14 Å². The summed E-state index contributed by atoms with van der Waals surface area (Å²) < 4.78 is 24.7. The van der Waals surface area contributed by atoms with E-state index >= 15 is 0 Å². The number of hydrogen-bond donors (Lipinski definition) is 3. The van der Waals surface area contributed by atoms with E-state index in [2.05, 4.69) is 41.9 Å². The summed E-state index contributed by atoms with van der Waals surface area (Å²) in [7, 11) is -4.01. The highest BCUT2D eigenvalue weighted by Gasteiger charge is 2.26. The van der Waals surface area contributed by atoms with Gasteiger partial charge in [0.25, 0.3) is 0 Å². The van der Waals surface area contributed by atoms with Crippen LogP contribution in [0.5, 0.6) is 0 Å². The van der Waals surface area contributed by atoms with Gasteiger partial charge in [-0.2, -0.15) is 5.21 Å². The summed E-state index contributed by atoms with van der Waals surface area (Å²) in [6.07, 6.45) is 0. The molecule has 0 bridgehead atoms. The van der Waals surface area contributed by atoms with Crippen LogP contribution in [-0.2, 0) is 23.1 Å². The van der Waals surface area contributed by atoms with Crippen LogP contribution in [0.15, 0.2) is 39.7 Å². The minimum atomic E-state index is -4.01. The SMILES string of the molecule is CC.NS(=O)(=O)c1c(Br)ccc(-c2ccc3c(c2)CNC3)c1-c1nn[nH]n1. The molecule has 1 aliphatic heterocycles. The molecule has 0 unspecified atom stereocenters. The number of primary sulfonamides is 1. The number of nitrogens with one attached hydrogen (secondary N) is 2. The number of halogens is 1. The Hall–Kier alpha value is -2.14. The maximum Gasteiger partial charge on any atom is 0.239 e. The highest BCUT2D eigenvalue weighted by atomic mass is 79.9. The zero-order chi connectivity index (χ0) is 19.6. The average molecular weight is 451 g/mol. The molecule has 2 aromatic carbocycles. The van der Waals surface area contributed by atoms with Crippen molar-refractivity contribution in [3.63, 3.8) is 0 Å². The van der Waals surface area contributed by atoms with E-state index in [1.54, 1.807) is 6.07 Å². The van der Waals surface area contributed by atoms with Crippen molar-refractivity contribution in [2.75, 3.05) is 0 Å². The summed E-state index contributed by atoms with van der Waals surface area (Å²) in [4.78, 5) is -0.0648. The Bertz CT molecular complexity index is 1070. The lowest BCUT2D eigenvalue weighted by atomic mass is 9.96. The molecule has 0 radical (unpaired) electrons. The Morgan fingerprint density at radius 3 is 2.52 bits per heavy atom. The van der Waals surface area contributed by atoms with Gasteiger partial charge >= 0.3 is 0 Å². The maximum absolute atomic E-state index is 12.2. The molecular formula is C17H19BrN6O2S. The molecule has 10 heteroatoms. The van der Waals surface area contributed by atoms with E-state index in [1.807, 2.05) is 38.1 Å². The lowest BCUT2D eigenvalue weighted by Gasteiger charge is -2.14. The van der Waals surface area contributed by atoms with Gasteiger partial charge in [-0.15, -0.1) is 10.2 Å². The first-order chi connectivity index (χ1) is 12.9. The number of tetrazole rings is 1. The molecule has 2 heterocycles. The Kier molecular flexibility index (Phi) is 5.70. The van der Waals surface area contributed by atoms with Gasteiger partial charge in [0, 0.05) is 17.6 Å². The van der Waals surface area contributed by atoms with Crippen LogP contribution in [0.1, 0.15) is 25.0 Å². The van der Waals surface area contributed by atoms with Crippen LogP contribution in [0.3, 0.4) is 0 Å². The van der Waals surface area contributed by atoms with Crippen LogP contribution in [0, 0.1) is 0 Å². The third-order valence-corrected chi connectivity index (χ3v) is 6.03. The summed E-state index contributed by atoms with van der Waals surface area (Å²) in [6, 6.07) is 9.49. The minimum Gasteiger partial charge on any atom is -0.309 e. The molecule has 4 N–H and O–H groups in total.